The average Bonchev–Trinajstić information content (AvgIpc) is 2.14. The number of amides is 2. The molecule has 2 N–H and O–H groups in total. The van der Waals surface area contributed by atoms with Crippen molar-refractivity contribution in [3.8, 4) is 12.3 Å². The van der Waals surface area contributed by atoms with E-state index in [1.165, 1.54) is 6.42 Å². The number of urea groups is 1. The Morgan fingerprint density at radius 1 is 1.60 bits per heavy atom. The molecule has 0 radical (unpaired) electrons. The molecule has 0 saturated heterocycles. The highest BCUT2D eigenvalue weighted by Gasteiger charge is 2.33. The lowest BCUT2D eigenvalue weighted by molar-refractivity contribution is 0.188. The Morgan fingerprint density at radius 3 is 2.67 bits per heavy atom. The van der Waals surface area contributed by atoms with Crippen LogP contribution in [0.25, 0.3) is 0 Å². The molecule has 1 rings (SSSR count). The van der Waals surface area contributed by atoms with E-state index in [1.54, 1.807) is 0 Å². The van der Waals surface area contributed by atoms with E-state index >= 15 is 0 Å². The maximum absolute atomic E-state index is 11.6. The normalized spacial score (nSPS) is 19.5. The number of carbonyl (C=O) groups excluding carboxylic acids is 1. The van der Waals surface area contributed by atoms with E-state index in [9.17, 15) is 4.79 Å². The molecule has 1 unspecified atom stereocenters. The number of nitrogens with one attached hydrogen (secondary N) is 2. The van der Waals surface area contributed by atoms with Gasteiger partial charge in [-0.3, -0.25) is 0 Å². The van der Waals surface area contributed by atoms with Crippen LogP contribution in [0.3, 0.4) is 0 Å². The van der Waals surface area contributed by atoms with Crippen molar-refractivity contribution in [1.29, 1.82) is 0 Å². The molecule has 84 valence electrons. The van der Waals surface area contributed by atoms with Crippen LogP contribution in [0, 0.1) is 12.3 Å². The largest absolute Gasteiger partial charge is 0.334 e. The topological polar surface area (TPSA) is 41.1 Å². The quantitative estimate of drug-likeness (QED) is 0.682. The summed E-state index contributed by atoms with van der Waals surface area (Å²) in [4.78, 5) is 11.6. The Kier molecular flexibility index (Phi) is 4.02. The van der Waals surface area contributed by atoms with Gasteiger partial charge < -0.3 is 10.6 Å². The van der Waals surface area contributed by atoms with Crippen LogP contribution >= 0.6 is 0 Å². The van der Waals surface area contributed by atoms with Crippen LogP contribution in [0.15, 0.2) is 0 Å². The molecule has 1 aliphatic rings. The first-order valence-corrected chi connectivity index (χ1v) is 5.62. The maximum Gasteiger partial charge on any atom is 0.315 e. The fraction of sp³-hybridized carbons (Fsp3) is 0.750. The Labute approximate surface area is 92.0 Å². The molecule has 2 amide bonds. The van der Waals surface area contributed by atoms with Crippen molar-refractivity contribution in [2.45, 2.75) is 57.5 Å². The summed E-state index contributed by atoms with van der Waals surface area (Å²) in [6, 6.07) is 0.0120. The van der Waals surface area contributed by atoms with Gasteiger partial charge in [-0.15, -0.1) is 12.3 Å². The molecular weight excluding hydrogens is 188 g/mol. The minimum Gasteiger partial charge on any atom is -0.334 e. The molecule has 15 heavy (non-hydrogen) atoms. The Hall–Kier alpha value is -1.17. The van der Waals surface area contributed by atoms with Crippen LogP contribution in [-0.2, 0) is 0 Å². The van der Waals surface area contributed by atoms with Gasteiger partial charge in [-0.25, -0.2) is 4.79 Å². The lowest BCUT2D eigenvalue weighted by atomic mass is 9.79. The first-order valence-electron chi connectivity index (χ1n) is 5.62. The van der Waals surface area contributed by atoms with Crippen molar-refractivity contribution < 1.29 is 4.79 Å². The first-order chi connectivity index (χ1) is 7.09. The zero-order valence-electron chi connectivity index (χ0n) is 9.60. The average molecular weight is 208 g/mol. The fourth-order valence-electron chi connectivity index (χ4n) is 1.77. The summed E-state index contributed by atoms with van der Waals surface area (Å²) >= 11 is 0. The molecular formula is C12H20N2O. The second kappa shape index (κ2) is 5.06. The SMILES string of the molecule is C#CCC(CC)NC(=O)NC1(C)CCC1. The lowest BCUT2D eigenvalue weighted by Gasteiger charge is -2.39. The van der Waals surface area contributed by atoms with Crippen LogP contribution in [-0.4, -0.2) is 17.6 Å². The van der Waals surface area contributed by atoms with Gasteiger partial charge in [-0.05, 0) is 32.6 Å². The summed E-state index contributed by atoms with van der Waals surface area (Å²) in [5.74, 6) is 2.57. The van der Waals surface area contributed by atoms with Gasteiger partial charge in [0.15, 0.2) is 0 Å². The molecule has 1 saturated carbocycles. The van der Waals surface area contributed by atoms with E-state index in [2.05, 4.69) is 23.5 Å². The van der Waals surface area contributed by atoms with Crippen LogP contribution in [0.2, 0.25) is 0 Å². The summed E-state index contributed by atoms with van der Waals surface area (Å²) < 4.78 is 0. The summed E-state index contributed by atoms with van der Waals surface area (Å²) in [5.41, 5.74) is 0.0124. The summed E-state index contributed by atoms with van der Waals surface area (Å²) in [5, 5.41) is 5.90. The van der Waals surface area contributed by atoms with Crippen LogP contribution in [0.4, 0.5) is 4.79 Å². The molecule has 0 spiro atoms. The summed E-state index contributed by atoms with van der Waals surface area (Å²) in [6.07, 6.45) is 10.0. The third-order valence-corrected chi connectivity index (χ3v) is 3.06. The molecule has 0 heterocycles. The minimum absolute atomic E-state index is 0.0124. The van der Waals surface area contributed by atoms with Crippen molar-refractivity contribution in [2.75, 3.05) is 0 Å². The third-order valence-electron chi connectivity index (χ3n) is 3.06. The van der Waals surface area contributed by atoms with Gasteiger partial charge in [0.25, 0.3) is 0 Å². The fourth-order valence-corrected chi connectivity index (χ4v) is 1.77. The zero-order valence-corrected chi connectivity index (χ0v) is 9.60. The van der Waals surface area contributed by atoms with Crippen molar-refractivity contribution in [2.24, 2.45) is 0 Å². The first kappa shape index (κ1) is 11.9. The number of carbonyl (C=O) groups is 1. The molecule has 0 aromatic heterocycles. The molecule has 0 aromatic rings. The highest BCUT2D eigenvalue weighted by atomic mass is 16.2. The third kappa shape index (κ3) is 3.47. The van der Waals surface area contributed by atoms with Crippen molar-refractivity contribution in [1.82, 2.24) is 10.6 Å². The van der Waals surface area contributed by atoms with Crippen molar-refractivity contribution in [3.63, 3.8) is 0 Å². The predicted molar refractivity (Wildman–Crippen MR) is 61.5 cm³/mol. The molecule has 0 aliphatic heterocycles. The molecule has 3 heteroatoms. The molecule has 3 nitrogen and oxygen atoms in total. The van der Waals surface area contributed by atoms with E-state index < -0.39 is 0 Å². The second-order valence-corrected chi connectivity index (χ2v) is 4.53. The number of terminal acetylenes is 1. The summed E-state index contributed by atoms with van der Waals surface area (Å²) in [6.45, 7) is 4.10. The predicted octanol–water partition coefficient (Wildman–Crippen LogP) is 2.03. The van der Waals surface area contributed by atoms with Gasteiger partial charge in [0.05, 0.1) is 0 Å². The summed E-state index contributed by atoms with van der Waals surface area (Å²) in [7, 11) is 0. The molecule has 0 aromatic carbocycles. The smallest absolute Gasteiger partial charge is 0.315 e. The lowest BCUT2D eigenvalue weighted by Crippen LogP contribution is -2.55. The van der Waals surface area contributed by atoms with E-state index in [0.29, 0.717) is 6.42 Å². The van der Waals surface area contributed by atoms with E-state index in [4.69, 9.17) is 6.42 Å². The highest BCUT2D eigenvalue weighted by molar-refractivity contribution is 5.75. The Bertz CT molecular complexity index is 263. The van der Waals surface area contributed by atoms with Crippen molar-refractivity contribution in [3.05, 3.63) is 0 Å². The van der Waals surface area contributed by atoms with Crippen LogP contribution in [0.5, 0.6) is 0 Å². The van der Waals surface area contributed by atoms with Gasteiger partial charge in [0.1, 0.15) is 0 Å². The monoisotopic (exact) mass is 208 g/mol. The second-order valence-electron chi connectivity index (χ2n) is 4.53. The van der Waals surface area contributed by atoms with Gasteiger partial charge in [-0.2, -0.15) is 0 Å². The van der Waals surface area contributed by atoms with E-state index in [0.717, 1.165) is 19.3 Å². The molecule has 1 aliphatic carbocycles. The van der Waals surface area contributed by atoms with E-state index in [-0.39, 0.29) is 17.6 Å². The Morgan fingerprint density at radius 2 is 2.27 bits per heavy atom. The van der Waals surface area contributed by atoms with Gasteiger partial charge in [0.2, 0.25) is 0 Å². The minimum atomic E-state index is -0.0840. The van der Waals surface area contributed by atoms with Crippen LogP contribution in [0.1, 0.15) is 46.0 Å². The zero-order chi connectivity index (χ0) is 11.3. The van der Waals surface area contributed by atoms with Gasteiger partial charge in [0, 0.05) is 18.0 Å². The van der Waals surface area contributed by atoms with Crippen molar-refractivity contribution >= 4 is 6.03 Å². The van der Waals surface area contributed by atoms with E-state index in [1.807, 2.05) is 6.92 Å². The number of hydrogen-bond acceptors (Lipinski definition) is 1. The maximum atomic E-state index is 11.6. The number of rotatable bonds is 4. The standard InChI is InChI=1S/C12H20N2O/c1-4-7-10(5-2)13-11(15)14-12(3)8-6-9-12/h1,10H,5-9H2,2-3H3,(H2,13,14,15). The molecule has 1 fully saturated rings. The molecule has 0 bridgehead atoms. The Balaban J connectivity index is 2.31. The van der Waals surface area contributed by atoms with Gasteiger partial charge >= 0.3 is 6.03 Å². The number of hydrogen-bond donors (Lipinski definition) is 2. The van der Waals surface area contributed by atoms with Crippen LogP contribution < -0.4 is 10.6 Å². The van der Waals surface area contributed by atoms with Gasteiger partial charge in [-0.1, -0.05) is 6.92 Å². The highest BCUT2D eigenvalue weighted by Crippen LogP contribution is 2.30. The molecule has 1 atom stereocenters.